The van der Waals surface area contributed by atoms with Crippen molar-refractivity contribution in [3.63, 3.8) is 0 Å². The van der Waals surface area contributed by atoms with E-state index >= 15 is 0 Å². The number of rotatable bonds is 4. The highest BCUT2D eigenvalue weighted by Gasteiger charge is 2.01. The van der Waals surface area contributed by atoms with Gasteiger partial charge in [0.15, 0.2) is 0 Å². The molecule has 0 saturated heterocycles. The van der Waals surface area contributed by atoms with Crippen LogP contribution in [0.3, 0.4) is 0 Å². The molecule has 0 bridgehead atoms. The number of aryl methyl sites for hydroxylation is 1. The van der Waals surface area contributed by atoms with E-state index in [4.69, 9.17) is 23.2 Å². The smallest absolute Gasteiger partial charge is 0.141 e. The first-order chi connectivity index (χ1) is 6.59. The van der Waals surface area contributed by atoms with Gasteiger partial charge in [0.2, 0.25) is 0 Å². The standard InChI is InChI=1S/C11H13Cl2F/c1-8(12)3-2-4-9-5-6-11(14)10(13)7-9/h5-8H,2-4H2,1H3. The first kappa shape index (κ1) is 11.8. The topological polar surface area (TPSA) is 0 Å². The fourth-order valence-electron chi connectivity index (χ4n) is 1.28. The Labute approximate surface area is 94.0 Å². The van der Waals surface area contributed by atoms with E-state index in [0.717, 1.165) is 24.8 Å². The second kappa shape index (κ2) is 5.57. The Kier molecular flexibility index (Phi) is 4.70. The highest BCUT2D eigenvalue weighted by atomic mass is 35.5. The fraction of sp³-hybridized carbons (Fsp3) is 0.455. The zero-order valence-corrected chi connectivity index (χ0v) is 9.58. The Balaban J connectivity index is 2.47. The summed E-state index contributed by atoms with van der Waals surface area (Å²) in [5, 5.41) is 0.396. The summed E-state index contributed by atoms with van der Waals surface area (Å²) in [4.78, 5) is 0. The summed E-state index contributed by atoms with van der Waals surface area (Å²) in [6.07, 6.45) is 2.88. The molecular formula is C11H13Cl2F. The Bertz CT molecular complexity index is 297. The molecule has 1 aromatic rings. The minimum Gasteiger partial charge on any atom is -0.205 e. The third-order valence-electron chi connectivity index (χ3n) is 2.05. The number of halogens is 3. The molecule has 0 nitrogen and oxygen atoms in total. The molecule has 14 heavy (non-hydrogen) atoms. The molecule has 0 radical (unpaired) electrons. The Hall–Kier alpha value is -0.270. The molecule has 1 aromatic carbocycles. The molecule has 0 heterocycles. The summed E-state index contributed by atoms with van der Waals surface area (Å²) >= 11 is 11.5. The molecule has 0 N–H and O–H groups in total. The van der Waals surface area contributed by atoms with Crippen LogP contribution in [0.15, 0.2) is 18.2 Å². The van der Waals surface area contributed by atoms with Gasteiger partial charge >= 0.3 is 0 Å². The van der Waals surface area contributed by atoms with Gasteiger partial charge in [0.1, 0.15) is 5.82 Å². The molecular weight excluding hydrogens is 222 g/mol. The second-order valence-corrected chi connectivity index (χ2v) is 4.57. The van der Waals surface area contributed by atoms with Gasteiger partial charge < -0.3 is 0 Å². The lowest BCUT2D eigenvalue weighted by molar-refractivity contribution is 0.626. The van der Waals surface area contributed by atoms with Crippen molar-refractivity contribution in [3.8, 4) is 0 Å². The summed E-state index contributed by atoms with van der Waals surface area (Å²) < 4.78 is 12.8. The van der Waals surface area contributed by atoms with Gasteiger partial charge in [-0.1, -0.05) is 17.7 Å². The zero-order valence-electron chi connectivity index (χ0n) is 8.06. The van der Waals surface area contributed by atoms with E-state index in [2.05, 4.69) is 0 Å². The van der Waals surface area contributed by atoms with E-state index in [9.17, 15) is 4.39 Å². The number of alkyl halides is 1. The van der Waals surface area contributed by atoms with Crippen LogP contribution in [0.1, 0.15) is 25.3 Å². The largest absolute Gasteiger partial charge is 0.205 e. The van der Waals surface area contributed by atoms with Crippen LogP contribution in [0.2, 0.25) is 5.02 Å². The van der Waals surface area contributed by atoms with E-state index in [0.29, 0.717) is 0 Å². The van der Waals surface area contributed by atoms with Crippen molar-refractivity contribution in [2.45, 2.75) is 31.6 Å². The summed E-state index contributed by atoms with van der Waals surface area (Å²) in [7, 11) is 0. The second-order valence-electron chi connectivity index (χ2n) is 3.42. The molecule has 0 spiro atoms. The van der Waals surface area contributed by atoms with Gasteiger partial charge in [-0.2, -0.15) is 0 Å². The normalized spacial score (nSPS) is 12.9. The van der Waals surface area contributed by atoms with Crippen LogP contribution >= 0.6 is 23.2 Å². The van der Waals surface area contributed by atoms with Crippen LogP contribution in [0.5, 0.6) is 0 Å². The van der Waals surface area contributed by atoms with Crippen molar-refractivity contribution in [1.29, 1.82) is 0 Å². The molecule has 1 atom stereocenters. The van der Waals surface area contributed by atoms with Crippen molar-refractivity contribution >= 4 is 23.2 Å². The summed E-state index contributed by atoms with van der Waals surface area (Å²) in [5.41, 5.74) is 1.06. The fourth-order valence-corrected chi connectivity index (χ4v) is 1.64. The quantitative estimate of drug-likeness (QED) is 0.677. The maximum absolute atomic E-state index is 12.8. The summed E-state index contributed by atoms with van der Waals surface area (Å²) in [5.74, 6) is -0.360. The van der Waals surface area contributed by atoms with Crippen LogP contribution in [0.4, 0.5) is 4.39 Å². The molecule has 0 aliphatic carbocycles. The van der Waals surface area contributed by atoms with Gasteiger partial charge in [-0.3, -0.25) is 0 Å². The third kappa shape index (κ3) is 3.85. The minimum atomic E-state index is -0.360. The SMILES string of the molecule is CC(Cl)CCCc1ccc(F)c(Cl)c1. The van der Waals surface area contributed by atoms with Crippen LogP contribution < -0.4 is 0 Å². The van der Waals surface area contributed by atoms with E-state index in [-0.39, 0.29) is 16.2 Å². The molecule has 0 aromatic heterocycles. The zero-order chi connectivity index (χ0) is 10.6. The van der Waals surface area contributed by atoms with Crippen LogP contribution in [-0.2, 0) is 6.42 Å². The van der Waals surface area contributed by atoms with Gasteiger partial charge in [-0.15, -0.1) is 11.6 Å². The van der Waals surface area contributed by atoms with Crippen molar-refractivity contribution in [1.82, 2.24) is 0 Å². The molecule has 3 heteroatoms. The van der Waals surface area contributed by atoms with E-state index < -0.39 is 0 Å². The molecule has 0 aliphatic heterocycles. The third-order valence-corrected chi connectivity index (χ3v) is 2.56. The predicted octanol–water partition coefficient (Wildman–Crippen LogP) is 4.43. The average Bonchev–Trinajstić information content (AvgIpc) is 2.10. The Morgan fingerprint density at radius 2 is 2.14 bits per heavy atom. The molecule has 1 unspecified atom stereocenters. The maximum Gasteiger partial charge on any atom is 0.141 e. The van der Waals surface area contributed by atoms with Crippen LogP contribution in [0, 0.1) is 5.82 Å². The molecule has 0 amide bonds. The first-order valence-corrected chi connectivity index (χ1v) is 5.49. The number of hydrogen-bond donors (Lipinski definition) is 0. The lowest BCUT2D eigenvalue weighted by Gasteiger charge is -2.04. The lowest BCUT2D eigenvalue weighted by atomic mass is 10.1. The van der Waals surface area contributed by atoms with E-state index in [1.165, 1.54) is 6.07 Å². The molecule has 0 fully saturated rings. The Morgan fingerprint density at radius 3 is 2.71 bits per heavy atom. The van der Waals surface area contributed by atoms with E-state index in [1.54, 1.807) is 12.1 Å². The molecule has 0 saturated carbocycles. The van der Waals surface area contributed by atoms with Gasteiger partial charge in [-0.25, -0.2) is 4.39 Å². The minimum absolute atomic E-state index is 0.196. The highest BCUT2D eigenvalue weighted by Crippen LogP contribution is 2.18. The number of benzene rings is 1. The van der Waals surface area contributed by atoms with Crippen molar-refractivity contribution in [2.75, 3.05) is 0 Å². The molecule has 0 aliphatic rings. The highest BCUT2D eigenvalue weighted by molar-refractivity contribution is 6.30. The van der Waals surface area contributed by atoms with Gasteiger partial charge in [0.25, 0.3) is 0 Å². The monoisotopic (exact) mass is 234 g/mol. The van der Waals surface area contributed by atoms with Crippen LogP contribution in [0.25, 0.3) is 0 Å². The molecule has 1 rings (SSSR count). The van der Waals surface area contributed by atoms with E-state index in [1.807, 2.05) is 6.92 Å². The number of hydrogen-bond acceptors (Lipinski definition) is 0. The predicted molar refractivity (Wildman–Crippen MR) is 59.7 cm³/mol. The average molecular weight is 235 g/mol. The molecule has 78 valence electrons. The van der Waals surface area contributed by atoms with Crippen LogP contribution in [-0.4, -0.2) is 5.38 Å². The van der Waals surface area contributed by atoms with Crippen molar-refractivity contribution < 1.29 is 4.39 Å². The van der Waals surface area contributed by atoms with Gasteiger partial charge in [0.05, 0.1) is 5.02 Å². The van der Waals surface area contributed by atoms with Gasteiger partial charge in [0, 0.05) is 5.38 Å². The van der Waals surface area contributed by atoms with Gasteiger partial charge in [-0.05, 0) is 43.9 Å². The lowest BCUT2D eigenvalue weighted by Crippen LogP contribution is -1.93. The Morgan fingerprint density at radius 1 is 1.43 bits per heavy atom. The maximum atomic E-state index is 12.8. The van der Waals surface area contributed by atoms with Crippen molar-refractivity contribution in [3.05, 3.63) is 34.6 Å². The summed E-state index contributed by atoms with van der Waals surface area (Å²) in [6.45, 7) is 1.97. The van der Waals surface area contributed by atoms with Crippen molar-refractivity contribution in [2.24, 2.45) is 0 Å². The first-order valence-electron chi connectivity index (χ1n) is 4.67. The summed E-state index contributed by atoms with van der Waals surface area (Å²) in [6, 6.07) is 4.84.